The van der Waals surface area contributed by atoms with Gasteiger partial charge in [0.2, 0.25) is 5.91 Å². The largest absolute Gasteiger partial charge is 0.493 e. The second-order valence-corrected chi connectivity index (χ2v) is 5.53. The Balaban J connectivity index is 1.79. The third-order valence-corrected chi connectivity index (χ3v) is 3.85. The van der Waals surface area contributed by atoms with Crippen molar-refractivity contribution >= 4 is 5.91 Å². The molecule has 2 aromatic carbocycles. The van der Waals surface area contributed by atoms with Gasteiger partial charge in [0.1, 0.15) is 12.4 Å². The smallest absolute Gasteiger partial charge is 0.224 e. The highest BCUT2D eigenvalue weighted by atomic mass is 16.5. The molecule has 0 saturated carbocycles. The van der Waals surface area contributed by atoms with Gasteiger partial charge in [0.05, 0.1) is 27.2 Å². The number of hydrogen-bond acceptors (Lipinski definition) is 4. The van der Waals surface area contributed by atoms with Crippen LogP contribution in [0, 0.1) is 0 Å². The minimum Gasteiger partial charge on any atom is -0.493 e. The Labute approximate surface area is 148 Å². The number of benzene rings is 2. The molecule has 0 saturated heterocycles. The first-order chi connectivity index (χ1) is 12.2. The first-order valence-electron chi connectivity index (χ1n) is 8.36. The zero-order chi connectivity index (χ0) is 18.1. The first-order valence-corrected chi connectivity index (χ1v) is 8.36. The molecule has 0 heterocycles. The van der Waals surface area contributed by atoms with Crippen LogP contribution in [0.25, 0.3) is 0 Å². The summed E-state index contributed by atoms with van der Waals surface area (Å²) in [5, 5.41) is 2.87. The van der Waals surface area contributed by atoms with Crippen molar-refractivity contribution in [1.29, 1.82) is 0 Å². The third-order valence-electron chi connectivity index (χ3n) is 3.85. The van der Waals surface area contributed by atoms with Gasteiger partial charge in [-0.1, -0.05) is 31.2 Å². The maximum Gasteiger partial charge on any atom is 0.224 e. The average Bonchev–Trinajstić information content (AvgIpc) is 2.65. The van der Waals surface area contributed by atoms with Crippen molar-refractivity contribution in [1.82, 2.24) is 5.32 Å². The normalized spacial score (nSPS) is 10.2. The average molecular weight is 343 g/mol. The molecule has 0 atom stereocenters. The molecule has 2 aromatic rings. The summed E-state index contributed by atoms with van der Waals surface area (Å²) in [7, 11) is 3.16. The number of hydrogen-bond donors (Lipinski definition) is 1. The van der Waals surface area contributed by atoms with Crippen molar-refractivity contribution in [3.63, 3.8) is 0 Å². The van der Waals surface area contributed by atoms with Crippen molar-refractivity contribution in [3.8, 4) is 17.2 Å². The van der Waals surface area contributed by atoms with E-state index in [1.807, 2.05) is 36.4 Å². The van der Waals surface area contributed by atoms with Gasteiger partial charge in [0.25, 0.3) is 0 Å². The number of ether oxygens (including phenoxy) is 3. The number of aryl methyl sites for hydroxylation is 1. The summed E-state index contributed by atoms with van der Waals surface area (Å²) in [6.45, 7) is 2.99. The minimum atomic E-state index is -0.0559. The lowest BCUT2D eigenvalue weighted by molar-refractivity contribution is -0.120. The SMILES string of the molecule is CCc1ccccc1OCCNC(=O)Cc1ccc(OC)c(OC)c1. The maximum absolute atomic E-state index is 12.1. The van der Waals surface area contributed by atoms with Crippen molar-refractivity contribution < 1.29 is 19.0 Å². The van der Waals surface area contributed by atoms with Gasteiger partial charge in [0.15, 0.2) is 11.5 Å². The van der Waals surface area contributed by atoms with E-state index in [1.165, 1.54) is 5.56 Å². The molecule has 5 nitrogen and oxygen atoms in total. The molecule has 1 N–H and O–H groups in total. The lowest BCUT2D eigenvalue weighted by atomic mass is 10.1. The molecule has 0 aliphatic carbocycles. The quantitative estimate of drug-likeness (QED) is 0.711. The highest BCUT2D eigenvalue weighted by Crippen LogP contribution is 2.27. The Hall–Kier alpha value is -2.69. The molecule has 0 fully saturated rings. The zero-order valence-corrected chi connectivity index (χ0v) is 15.0. The molecular weight excluding hydrogens is 318 g/mol. The van der Waals surface area contributed by atoms with Gasteiger partial charge < -0.3 is 19.5 Å². The summed E-state index contributed by atoms with van der Waals surface area (Å²) < 4.78 is 16.2. The maximum atomic E-state index is 12.1. The number of nitrogens with one attached hydrogen (secondary N) is 1. The van der Waals surface area contributed by atoms with Crippen molar-refractivity contribution in [2.75, 3.05) is 27.4 Å². The second kappa shape index (κ2) is 9.57. The summed E-state index contributed by atoms with van der Waals surface area (Å²) in [5.41, 5.74) is 2.03. The van der Waals surface area contributed by atoms with Gasteiger partial charge in [-0.2, -0.15) is 0 Å². The van der Waals surface area contributed by atoms with Crippen LogP contribution in [-0.4, -0.2) is 33.3 Å². The number of carbonyl (C=O) groups excluding carboxylic acids is 1. The fourth-order valence-corrected chi connectivity index (χ4v) is 2.53. The van der Waals surface area contributed by atoms with E-state index in [9.17, 15) is 4.79 Å². The lowest BCUT2D eigenvalue weighted by Gasteiger charge is -2.11. The topological polar surface area (TPSA) is 56.8 Å². The number of rotatable bonds is 9. The molecule has 2 rings (SSSR count). The molecule has 0 unspecified atom stereocenters. The van der Waals surface area contributed by atoms with Crippen molar-refractivity contribution in [2.45, 2.75) is 19.8 Å². The zero-order valence-electron chi connectivity index (χ0n) is 15.0. The van der Waals surface area contributed by atoms with Gasteiger partial charge >= 0.3 is 0 Å². The predicted molar refractivity (Wildman–Crippen MR) is 97.6 cm³/mol. The predicted octanol–water partition coefficient (Wildman–Crippen LogP) is 3.00. The number of carbonyl (C=O) groups is 1. The molecule has 0 aromatic heterocycles. The van der Waals surface area contributed by atoms with E-state index < -0.39 is 0 Å². The molecule has 0 spiro atoms. The number of amides is 1. The highest BCUT2D eigenvalue weighted by Gasteiger charge is 2.08. The van der Waals surface area contributed by atoms with Gasteiger partial charge in [0, 0.05) is 0 Å². The first kappa shape index (κ1) is 18.6. The number of methoxy groups -OCH3 is 2. The van der Waals surface area contributed by atoms with Crippen molar-refractivity contribution in [3.05, 3.63) is 53.6 Å². The Morgan fingerprint density at radius 1 is 1.00 bits per heavy atom. The van der Waals surface area contributed by atoms with E-state index >= 15 is 0 Å². The Kier molecular flexibility index (Phi) is 7.14. The molecule has 0 bridgehead atoms. The van der Waals surface area contributed by atoms with Crippen LogP contribution in [0.2, 0.25) is 0 Å². The second-order valence-electron chi connectivity index (χ2n) is 5.53. The van der Waals surface area contributed by atoms with Crippen LogP contribution >= 0.6 is 0 Å². The Morgan fingerprint density at radius 3 is 2.48 bits per heavy atom. The van der Waals surface area contributed by atoms with Gasteiger partial charge in [-0.05, 0) is 35.7 Å². The van der Waals surface area contributed by atoms with Gasteiger partial charge in [-0.25, -0.2) is 0 Å². The molecular formula is C20H25NO4. The fraction of sp³-hybridized carbons (Fsp3) is 0.350. The van der Waals surface area contributed by atoms with E-state index in [0.717, 1.165) is 17.7 Å². The van der Waals surface area contributed by atoms with Crippen LogP contribution in [0.5, 0.6) is 17.2 Å². The summed E-state index contributed by atoms with van der Waals surface area (Å²) in [6, 6.07) is 13.4. The van der Waals surface area contributed by atoms with Crippen LogP contribution in [0.1, 0.15) is 18.1 Å². The van der Waals surface area contributed by atoms with Crippen LogP contribution < -0.4 is 19.5 Å². The standard InChI is InChI=1S/C20H25NO4/c1-4-16-7-5-6-8-17(16)25-12-11-21-20(22)14-15-9-10-18(23-2)19(13-15)24-3/h5-10,13H,4,11-12,14H2,1-3H3,(H,21,22). The van der Waals surface area contributed by atoms with Crippen LogP contribution in [0.4, 0.5) is 0 Å². The number of para-hydroxylation sites is 1. The molecule has 134 valence electrons. The summed E-state index contributed by atoms with van der Waals surface area (Å²) in [6.07, 6.45) is 1.20. The van der Waals surface area contributed by atoms with Crippen LogP contribution in [-0.2, 0) is 17.6 Å². The lowest BCUT2D eigenvalue weighted by Crippen LogP contribution is -2.29. The highest BCUT2D eigenvalue weighted by molar-refractivity contribution is 5.78. The molecule has 0 aliphatic rings. The van der Waals surface area contributed by atoms with Crippen LogP contribution in [0.3, 0.4) is 0 Å². The summed E-state index contributed by atoms with van der Waals surface area (Å²) >= 11 is 0. The van der Waals surface area contributed by atoms with Crippen molar-refractivity contribution in [2.24, 2.45) is 0 Å². The molecule has 5 heteroatoms. The minimum absolute atomic E-state index is 0.0559. The summed E-state index contributed by atoms with van der Waals surface area (Å²) in [4.78, 5) is 12.1. The molecule has 1 amide bonds. The van der Waals surface area contributed by atoms with E-state index in [-0.39, 0.29) is 12.3 Å². The van der Waals surface area contributed by atoms with E-state index in [2.05, 4.69) is 12.2 Å². The molecule has 0 radical (unpaired) electrons. The Bertz CT molecular complexity index is 700. The monoisotopic (exact) mass is 343 g/mol. The van der Waals surface area contributed by atoms with Gasteiger partial charge in [-0.3, -0.25) is 4.79 Å². The fourth-order valence-electron chi connectivity index (χ4n) is 2.53. The molecule has 0 aliphatic heterocycles. The van der Waals surface area contributed by atoms with Gasteiger partial charge in [-0.15, -0.1) is 0 Å². The van der Waals surface area contributed by atoms with Crippen LogP contribution in [0.15, 0.2) is 42.5 Å². The Morgan fingerprint density at radius 2 is 1.76 bits per heavy atom. The van der Waals surface area contributed by atoms with E-state index in [1.54, 1.807) is 20.3 Å². The van der Waals surface area contributed by atoms with E-state index in [0.29, 0.717) is 24.7 Å². The third kappa shape index (κ3) is 5.41. The molecule has 25 heavy (non-hydrogen) atoms. The summed E-state index contributed by atoms with van der Waals surface area (Å²) in [5.74, 6) is 2.08. The van der Waals surface area contributed by atoms with E-state index in [4.69, 9.17) is 14.2 Å².